The van der Waals surface area contributed by atoms with E-state index in [1.165, 1.54) is 0 Å². The molecule has 0 rings (SSSR count). The van der Waals surface area contributed by atoms with E-state index >= 15 is 0 Å². The minimum atomic E-state index is 0.288. The highest BCUT2D eigenvalue weighted by molar-refractivity contribution is 4.91. The van der Waals surface area contributed by atoms with Crippen molar-refractivity contribution < 1.29 is 0 Å². The molecule has 0 aromatic carbocycles. The van der Waals surface area contributed by atoms with Gasteiger partial charge >= 0.3 is 0 Å². The molecule has 0 radical (unpaired) electrons. The molecule has 0 amide bonds. The van der Waals surface area contributed by atoms with Crippen molar-refractivity contribution in [2.45, 2.75) is 27.2 Å². The summed E-state index contributed by atoms with van der Waals surface area (Å²) in [5.41, 5.74) is 0.288. The molecule has 1 atom stereocenters. The molecule has 0 spiro atoms. The Morgan fingerprint density at radius 1 is 1.50 bits per heavy atom. The maximum absolute atomic E-state index is 3.82. The van der Waals surface area contributed by atoms with Crippen LogP contribution in [0.2, 0.25) is 0 Å². The zero-order valence-electron chi connectivity index (χ0n) is 7.41. The predicted octanol–water partition coefficient (Wildman–Crippen LogP) is 2.20. The number of hydrogen-bond donors (Lipinski definition) is 1. The first-order chi connectivity index (χ1) is 4.68. The van der Waals surface area contributed by atoms with Crippen molar-refractivity contribution in [3.8, 4) is 0 Å². The lowest BCUT2D eigenvalue weighted by Gasteiger charge is -2.23. The summed E-state index contributed by atoms with van der Waals surface area (Å²) < 4.78 is 0. The van der Waals surface area contributed by atoms with Crippen LogP contribution in [0, 0.1) is 5.41 Å². The monoisotopic (exact) mass is 141 g/mol. The molecule has 0 saturated heterocycles. The predicted molar refractivity (Wildman–Crippen MR) is 47.1 cm³/mol. The Bertz CT molecular complexity index is 98.9. The number of nitrogens with one attached hydrogen (secondary N) is 1. The van der Waals surface area contributed by atoms with Crippen LogP contribution in [0.3, 0.4) is 0 Å². The van der Waals surface area contributed by atoms with Gasteiger partial charge in [0.1, 0.15) is 0 Å². The quantitative estimate of drug-likeness (QED) is 0.579. The van der Waals surface area contributed by atoms with Crippen LogP contribution in [-0.2, 0) is 0 Å². The van der Waals surface area contributed by atoms with Crippen molar-refractivity contribution in [3.63, 3.8) is 0 Å². The van der Waals surface area contributed by atoms with Crippen molar-refractivity contribution in [3.05, 3.63) is 12.7 Å². The molecule has 1 heteroatoms. The highest BCUT2D eigenvalue weighted by Gasteiger charge is 2.15. The van der Waals surface area contributed by atoms with Gasteiger partial charge in [-0.1, -0.05) is 26.8 Å². The van der Waals surface area contributed by atoms with Crippen LogP contribution in [0.15, 0.2) is 12.7 Å². The molecule has 0 aliphatic carbocycles. The lowest BCUT2D eigenvalue weighted by molar-refractivity contribution is 0.385. The van der Waals surface area contributed by atoms with Gasteiger partial charge in [0.25, 0.3) is 0 Å². The summed E-state index contributed by atoms with van der Waals surface area (Å²) >= 11 is 0. The van der Waals surface area contributed by atoms with E-state index in [4.69, 9.17) is 0 Å². The fourth-order valence-electron chi connectivity index (χ4n) is 0.752. The van der Waals surface area contributed by atoms with Gasteiger partial charge in [-0.05, 0) is 18.4 Å². The van der Waals surface area contributed by atoms with Gasteiger partial charge in [-0.25, -0.2) is 0 Å². The lowest BCUT2D eigenvalue weighted by atomic mass is 9.88. The molecule has 0 heterocycles. The first kappa shape index (κ1) is 9.70. The van der Waals surface area contributed by atoms with Crippen LogP contribution in [0.25, 0.3) is 0 Å². The summed E-state index contributed by atoms with van der Waals surface area (Å²) in [6.07, 6.45) is 3.19. The summed E-state index contributed by atoms with van der Waals surface area (Å²) in [6.45, 7) is 12.4. The van der Waals surface area contributed by atoms with Gasteiger partial charge in [-0.3, -0.25) is 0 Å². The van der Waals surface area contributed by atoms with Gasteiger partial charge in [0, 0.05) is 6.54 Å². The molecule has 10 heavy (non-hydrogen) atoms. The third kappa shape index (κ3) is 3.02. The molecule has 1 unspecified atom stereocenters. The van der Waals surface area contributed by atoms with Crippen LogP contribution in [0.1, 0.15) is 27.2 Å². The average molecular weight is 141 g/mol. The van der Waals surface area contributed by atoms with E-state index in [0.29, 0.717) is 0 Å². The summed E-state index contributed by atoms with van der Waals surface area (Å²) in [5.74, 6) is 0. The van der Waals surface area contributed by atoms with Crippen molar-refractivity contribution in [2.75, 3.05) is 13.1 Å². The van der Waals surface area contributed by atoms with Crippen LogP contribution in [0.4, 0.5) is 0 Å². The smallest absolute Gasteiger partial charge is 0.00395 e. The molecule has 0 aliphatic heterocycles. The lowest BCUT2D eigenvalue weighted by Crippen LogP contribution is -2.29. The van der Waals surface area contributed by atoms with Gasteiger partial charge in [0.2, 0.25) is 0 Å². The summed E-state index contributed by atoms with van der Waals surface area (Å²) in [4.78, 5) is 0. The van der Waals surface area contributed by atoms with Gasteiger partial charge in [-0.15, -0.1) is 6.58 Å². The molecular formula is C9H19N. The molecule has 0 saturated carbocycles. The van der Waals surface area contributed by atoms with Crippen molar-refractivity contribution in [2.24, 2.45) is 5.41 Å². The largest absolute Gasteiger partial charge is 0.316 e. The minimum Gasteiger partial charge on any atom is -0.316 e. The minimum absolute atomic E-state index is 0.288. The molecule has 0 fully saturated rings. The maximum atomic E-state index is 3.82. The van der Waals surface area contributed by atoms with E-state index in [2.05, 4.69) is 32.7 Å². The molecule has 1 N–H and O–H groups in total. The SMILES string of the molecule is C=CC(C)(CC)CNCC. The zero-order chi connectivity index (χ0) is 8.04. The second kappa shape index (κ2) is 4.51. The van der Waals surface area contributed by atoms with E-state index in [0.717, 1.165) is 19.5 Å². The topological polar surface area (TPSA) is 12.0 Å². The Labute approximate surface area is 64.5 Å². The zero-order valence-corrected chi connectivity index (χ0v) is 7.41. The second-order valence-corrected chi connectivity index (χ2v) is 2.99. The number of hydrogen-bond acceptors (Lipinski definition) is 1. The molecule has 60 valence electrons. The maximum Gasteiger partial charge on any atom is 0.00395 e. The highest BCUT2D eigenvalue weighted by atomic mass is 14.9. The Kier molecular flexibility index (Phi) is 4.37. The molecule has 0 aromatic rings. The van der Waals surface area contributed by atoms with Gasteiger partial charge in [0.05, 0.1) is 0 Å². The van der Waals surface area contributed by atoms with Crippen molar-refractivity contribution in [1.82, 2.24) is 5.32 Å². The van der Waals surface area contributed by atoms with E-state index < -0.39 is 0 Å². The Morgan fingerprint density at radius 3 is 2.40 bits per heavy atom. The van der Waals surface area contributed by atoms with Crippen molar-refractivity contribution in [1.29, 1.82) is 0 Å². The van der Waals surface area contributed by atoms with Crippen LogP contribution in [-0.4, -0.2) is 13.1 Å². The van der Waals surface area contributed by atoms with Gasteiger partial charge in [0.15, 0.2) is 0 Å². The first-order valence-electron chi connectivity index (χ1n) is 4.03. The summed E-state index contributed by atoms with van der Waals surface area (Å²) in [5, 5.41) is 3.32. The van der Waals surface area contributed by atoms with Crippen LogP contribution in [0.5, 0.6) is 0 Å². The third-order valence-electron chi connectivity index (χ3n) is 2.08. The van der Waals surface area contributed by atoms with Gasteiger partial charge in [-0.2, -0.15) is 0 Å². The van der Waals surface area contributed by atoms with E-state index in [1.54, 1.807) is 0 Å². The first-order valence-corrected chi connectivity index (χ1v) is 4.03. The molecule has 0 aromatic heterocycles. The van der Waals surface area contributed by atoms with Crippen LogP contribution >= 0.6 is 0 Å². The highest BCUT2D eigenvalue weighted by Crippen LogP contribution is 2.20. The number of rotatable bonds is 5. The van der Waals surface area contributed by atoms with Gasteiger partial charge < -0.3 is 5.32 Å². The van der Waals surface area contributed by atoms with E-state index in [9.17, 15) is 0 Å². The summed E-state index contributed by atoms with van der Waals surface area (Å²) in [6, 6.07) is 0. The molecule has 1 nitrogen and oxygen atoms in total. The normalized spacial score (nSPS) is 16.3. The Morgan fingerprint density at radius 2 is 2.10 bits per heavy atom. The summed E-state index contributed by atoms with van der Waals surface area (Å²) in [7, 11) is 0. The average Bonchev–Trinajstić information content (AvgIpc) is 2.00. The standard InChI is InChI=1S/C9H19N/c1-5-9(4,6-2)8-10-7-3/h5,10H,1,6-8H2,2-4H3. The second-order valence-electron chi connectivity index (χ2n) is 2.99. The van der Waals surface area contributed by atoms with E-state index in [1.807, 2.05) is 6.08 Å². The third-order valence-corrected chi connectivity index (χ3v) is 2.08. The molecule has 0 bridgehead atoms. The fraction of sp³-hybridized carbons (Fsp3) is 0.778. The fourth-order valence-corrected chi connectivity index (χ4v) is 0.752. The van der Waals surface area contributed by atoms with E-state index in [-0.39, 0.29) is 5.41 Å². The molecular weight excluding hydrogens is 122 g/mol. The van der Waals surface area contributed by atoms with Crippen molar-refractivity contribution >= 4 is 0 Å². The molecule has 0 aliphatic rings. The Balaban J connectivity index is 3.68. The Hall–Kier alpha value is -0.300. The van der Waals surface area contributed by atoms with Crippen LogP contribution < -0.4 is 5.32 Å².